The van der Waals surface area contributed by atoms with Gasteiger partial charge in [-0.3, -0.25) is 4.79 Å². The lowest BCUT2D eigenvalue weighted by Crippen LogP contribution is -2.22. The van der Waals surface area contributed by atoms with Gasteiger partial charge in [-0.1, -0.05) is 17.7 Å². The summed E-state index contributed by atoms with van der Waals surface area (Å²) < 4.78 is 45.8. The summed E-state index contributed by atoms with van der Waals surface area (Å²) in [6.45, 7) is 2.09. The third-order valence-corrected chi connectivity index (χ3v) is 3.67. The van der Waals surface area contributed by atoms with Crippen LogP contribution in [0.25, 0.3) is 5.52 Å². The molecule has 2 heterocycles. The largest absolute Gasteiger partial charge is 0.496 e. The van der Waals surface area contributed by atoms with Gasteiger partial charge in [-0.15, -0.1) is 0 Å². The quantitative estimate of drug-likeness (QED) is 0.738. The molecule has 126 valence electrons. The fraction of sp³-hybridized carbons (Fsp3) is 0.250. The highest BCUT2D eigenvalue weighted by atomic mass is 19.4. The molecule has 0 fully saturated rings. The molecule has 0 unspecified atom stereocenters. The van der Waals surface area contributed by atoms with Crippen LogP contribution >= 0.6 is 0 Å². The first kappa shape index (κ1) is 16.1. The molecule has 1 aromatic carbocycles. The average Bonchev–Trinajstić information content (AvgIpc) is 2.96. The Morgan fingerprint density at radius 1 is 1.21 bits per heavy atom. The summed E-state index contributed by atoms with van der Waals surface area (Å²) >= 11 is 0. The Labute approximate surface area is 134 Å². The van der Waals surface area contributed by atoms with Crippen molar-refractivity contribution in [3.8, 4) is 5.75 Å². The average molecular weight is 337 g/mol. The molecule has 0 aliphatic rings. The molecule has 3 aromatic rings. The van der Waals surface area contributed by atoms with Gasteiger partial charge >= 0.3 is 6.18 Å². The molecule has 0 saturated heterocycles. The second kappa shape index (κ2) is 5.70. The molecule has 0 bridgehead atoms. The van der Waals surface area contributed by atoms with Crippen molar-refractivity contribution in [1.29, 1.82) is 0 Å². The predicted molar refractivity (Wildman–Crippen MR) is 81.3 cm³/mol. The van der Waals surface area contributed by atoms with E-state index in [-0.39, 0.29) is 12.1 Å². The van der Waals surface area contributed by atoms with Gasteiger partial charge in [0.15, 0.2) is 5.69 Å². The summed E-state index contributed by atoms with van der Waals surface area (Å²) in [6, 6.07) is 6.29. The third-order valence-electron chi connectivity index (χ3n) is 3.67. The van der Waals surface area contributed by atoms with Crippen molar-refractivity contribution in [2.24, 2.45) is 0 Å². The van der Waals surface area contributed by atoms with Gasteiger partial charge in [-0.25, -0.2) is 4.52 Å². The van der Waals surface area contributed by atoms with Crippen molar-refractivity contribution in [2.75, 3.05) is 7.11 Å². The summed E-state index contributed by atoms with van der Waals surface area (Å²) in [5, 5.41) is 3.39. The van der Waals surface area contributed by atoms with E-state index in [0.29, 0.717) is 5.75 Å². The molecule has 0 radical (unpaired) electrons. The first-order valence-corrected chi connectivity index (χ1v) is 7.09. The first-order valence-electron chi connectivity index (χ1n) is 7.09. The monoisotopic (exact) mass is 337 g/mol. The zero-order valence-corrected chi connectivity index (χ0v) is 13.0. The zero-order chi connectivity index (χ0) is 17.5. The smallest absolute Gasteiger partial charge is 0.435 e. The van der Waals surface area contributed by atoms with E-state index in [1.807, 2.05) is 19.1 Å². The van der Waals surface area contributed by atoms with E-state index in [2.05, 4.69) is 5.10 Å². The van der Waals surface area contributed by atoms with Gasteiger partial charge in [-0.05, 0) is 13.0 Å². The summed E-state index contributed by atoms with van der Waals surface area (Å²) in [5.74, 6) is 0.608. The van der Waals surface area contributed by atoms with Crippen LogP contribution in [0.3, 0.4) is 0 Å². The maximum Gasteiger partial charge on any atom is 0.435 e. The lowest BCUT2D eigenvalue weighted by Gasteiger charge is -2.11. The van der Waals surface area contributed by atoms with Gasteiger partial charge in [0.25, 0.3) is 5.56 Å². The number of halogens is 3. The number of aryl methyl sites for hydroxylation is 1. The number of alkyl halides is 3. The van der Waals surface area contributed by atoms with Crippen LogP contribution in [0.15, 0.2) is 41.5 Å². The molecule has 24 heavy (non-hydrogen) atoms. The molecule has 8 heteroatoms. The van der Waals surface area contributed by atoms with Crippen molar-refractivity contribution >= 4 is 5.52 Å². The van der Waals surface area contributed by atoms with Crippen LogP contribution in [0, 0.1) is 6.92 Å². The molecule has 0 aliphatic carbocycles. The highest BCUT2D eigenvalue weighted by molar-refractivity contribution is 5.46. The number of rotatable bonds is 3. The molecule has 0 saturated carbocycles. The normalized spacial score (nSPS) is 11.9. The number of benzene rings is 1. The summed E-state index contributed by atoms with van der Waals surface area (Å²) in [4.78, 5) is 12.5. The Hall–Kier alpha value is -2.77. The second-order valence-corrected chi connectivity index (χ2v) is 5.40. The number of hydrogen-bond donors (Lipinski definition) is 0. The maximum absolute atomic E-state index is 12.7. The lowest BCUT2D eigenvalue weighted by molar-refractivity contribution is -0.141. The third kappa shape index (κ3) is 2.86. The molecule has 0 N–H and O–H groups in total. The van der Waals surface area contributed by atoms with Crippen LogP contribution in [0.1, 0.15) is 16.8 Å². The van der Waals surface area contributed by atoms with E-state index in [1.165, 1.54) is 24.1 Å². The summed E-state index contributed by atoms with van der Waals surface area (Å²) in [7, 11) is 1.52. The number of fused-ring (bicyclic) bond motifs is 1. The summed E-state index contributed by atoms with van der Waals surface area (Å²) in [6.07, 6.45) is -1.86. The van der Waals surface area contributed by atoms with Crippen LogP contribution in [0.5, 0.6) is 5.75 Å². The molecule has 0 spiro atoms. The topological polar surface area (TPSA) is 48.5 Å². The van der Waals surface area contributed by atoms with Crippen LogP contribution in [0.2, 0.25) is 0 Å². The molecular formula is C16H14F3N3O2. The molecule has 0 amide bonds. The van der Waals surface area contributed by atoms with E-state index >= 15 is 0 Å². The number of ether oxygens (including phenoxy) is 1. The Kier molecular flexibility index (Phi) is 3.82. The van der Waals surface area contributed by atoms with Gasteiger partial charge < -0.3 is 9.30 Å². The standard InChI is InChI=1S/C16H14F3N3O2/c1-10-3-4-13(24-2)11(7-10)9-21-5-6-22-12(15(21)23)8-14(20-22)16(17,18)19/h3-8H,9H2,1-2H3. The van der Waals surface area contributed by atoms with Crippen LogP contribution in [-0.2, 0) is 12.7 Å². The van der Waals surface area contributed by atoms with Gasteiger partial charge in [0.05, 0.1) is 13.7 Å². The Balaban J connectivity index is 2.07. The van der Waals surface area contributed by atoms with E-state index < -0.39 is 17.4 Å². The van der Waals surface area contributed by atoms with Gasteiger partial charge in [0.1, 0.15) is 11.3 Å². The minimum atomic E-state index is -4.59. The van der Waals surface area contributed by atoms with Crippen LogP contribution < -0.4 is 10.3 Å². The number of methoxy groups -OCH3 is 1. The predicted octanol–water partition coefficient (Wildman–Crippen LogP) is 2.88. The molecule has 0 atom stereocenters. The van der Waals surface area contributed by atoms with E-state index in [4.69, 9.17) is 4.74 Å². The molecule has 2 aromatic heterocycles. The maximum atomic E-state index is 12.7. The Morgan fingerprint density at radius 3 is 2.62 bits per heavy atom. The van der Waals surface area contributed by atoms with E-state index in [0.717, 1.165) is 21.7 Å². The van der Waals surface area contributed by atoms with Gasteiger partial charge in [-0.2, -0.15) is 18.3 Å². The molecular weight excluding hydrogens is 323 g/mol. The molecule has 0 aliphatic heterocycles. The summed E-state index contributed by atoms with van der Waals surface area (Å²) in [5.41, 5.74) is -0.0193. The fourth-order valence-electron chi connectivity index (χ4n) is 2.50. The van der Waals surface area contributed by atoms with Crippen LogP contribution in [-0.4, -0.2) is 21.3 Å². The van der Waals surface area contributed by atoms with Crippen LogP contribution in [0.4, 0.5) is 13.2 Å². The number of hydrogen-bond acceptors (Lipinski definition) is 3. The van der Waals surface area contributed by atoms with Crippen molar-refractivity contribution < 1.29 is 17.9 Å². The number of aromatic nitrogens is 3. The van der Waals surface area contributed by atoms with Gasteiger partial charge in [0, 0.05) is 24.0 Å². The highest BCUT2D eigenvalue weighted by Gasteiger charge is 2.34. The van der Waals surface area contributed by atoms with Crippen molar-refractivity contribution in [1.82, 2.24) is 14.2 Å². The van der Waals surface area contributed by atoms with Crippen molar-refractivity contribution in [3.05, 3.63) is 63.8 Å². The van der Waals surface area contributed by atoms with E-state index in [9.17, 15) is 18.0 Å². The van der Waals surface area contributed by atoms with Gasteiger partial charge in [0.2, 0.25) is 0 Å². The first-order chi connectivity index (χ1) is 11.3. The minimum Gasteiger partial charge on any atom is -0.496 e. The SMILES string of the molecule is COc1ccc(C)cc1Cn1ccn2nc(C(F)(F)F)cc2c1=O. The second-order valence-electron chi connectivity index (χ2n) is 5.40. The number of nitrogens with zero attached hydrogens (tertiary/aromatic N) is 3. The lowest BCUT2D eigenvalue weighted by atomic mass is 10.1. The fourth-order valence-corrected chi connectivity index (χ4v) is 2.50. The molecule has 3 rings (SSSR count). The van der Waals surface area contributed by atoms with Crippen molar-refractivity contribution in [3.63, 3.8) is 0 Å². The Bertz CT molecular complexity index is 957. The van der Waals surface area contributed by atoms with E-state index in [1.54, 1.807) is 6.07 Å². The Morgan fingerprint density at radius 2 is 1.96 bits per heavy atom. The minimum absolute atomic E-state index is 0.128. The van der Waals surface area contributed by atoms with Crippen molar-refractivity contribution in [2.45, 2.75) is 19.6 Å². The highest BCUT2D eigenvalue weighted by Crippen LogP contribution is 2.28. The molecule has 5 nitrogen and oxygen atoms in total. The zero-order valence-electron chi connectivity index (χ0n) is 13.0.